The minimum atomic E-state index is 0.0384. The van der Waals surface area contributed by atoms with Crippen molar-refractivity contribution >= 4 is 21.8 Å². The third-order valence-electron chi connectivity index (χ3n) is 3.43. The molecule has 6 nitrogen and oxygen atoms in total. The van der Waals surface area contributed by atoms with Crippen LogP contribution in [0, 0.1) is 0 Å². The molecule has 1 saturated heterocycles. The average molecular weight is 336 g/mol. The Morgan fingerprint density at radius 2 is 2.00 bits per heavy atom. The van der Waals surface area contributed by atoms with Crippen LogP contribution in [-0.2, 0) is 0 Å². The Labute approximate surface area is 124 Å². The van der Waals surface area contributed by atoms with Gasteiger partial charge in [-0.1, -0.05) is 15.9 Å². The molecule has 0 atom stereocenters. The molecule has 0 aliphatic carbocycles. The van der Waals surface area contributed by atoms with Gasteiger partial charge in [0.15, 0.2) is 0 Å². The molecular formula is C13H14BrN5O. The third-order valence-corrected chi connectivity index (χ3v) is 3.92. The molecule has 0 spiro atoms. The Morgan fingerprint density at radius 1 is 1.20 bits per heavy atom. The highest BCUT2D eigenvalue weighted by Gasteiger charge is 2.22. The topological polar surface area (TPSA) is 63.9 Å². The van der Waals surface area contributed by atoms with E-state index in [1.165, 1.54) is 17.4 Å². The fraction of sp³-hybridized carbons (Fsp3) is 0.385. The van der Waals surface area contributed by atoms with Crippen LogP contribution in [0.4, 0.5) is 0 Å². The molecule has 104 valence electrons. The van der Waals surface area contributed by atoms with Gasteiger partial charge in [0.25, 0.3) is 5.91 Å². The van der Waals surface area contributed by atoms with Gasteiger partial charge in [-0.15, -0.1) is 5.10 Å². The van der Waals surface area contributed by atoms with E-state index in [-0.39, 0.29) is 5.91 Å². The molecule has 2 heterocycles. The Hall–Kier alpha value is -1.76. The fourth-order valence-electron chi connectivity index (χ4n) is 2.42. The predicted octanol–water partition coefficient (Wildman–Crippen LogP) is 2.05. The van der Waals surface area contributed by atoms with Crippen LogP contribution in [0.1, 0.15) is 29.6 Å². The monoisotopic (exact) mass is 335 g/mol. The summed E-state index contributed by atoms with van der Waals surface area (Å²) >= 11 is 3.42. The molecule has 7 heteroatoms. The van der Waals surface area contributed by atoms with E-state index in [2.05, 4.69) is 31.5 Å². The number of likely N-dealkylation sites (tertiary alicyclic amines) is 1. The summed E-state index contributed by atoms with van der Waals surface area (Å²) in [7, 11) is 0. The summed E-state index contributed by atoms with van der Waals surface area (Å²) < 4.78 is 2.39. The molecule has 1 amide bonds. The van der Waals surface area contributed by atoms with Crippen molar-refractivity contribution in [3.63, 3.8) is 0 Å². The highest BCUT2D eigenvalue weighted by atomic mass is 79.9. The van der Waals surface area contributed by atoms with Crippen LogP contribution in [0.2, 0.25) is 0 Å². The first-order valence-electron chi connectivity index (χ1n) is 6.58. The number of tetrazole rings is 1. The van der Waals surface area contributed by atoms with Gasteiger partial charge in [-0.3, -0.25) is 4.79 Å². The number of hydrogen-bond acceptors (Lipinski definition) is 4. The van der Waals surface area contributed by atoms with Crippen LogP contribution in [0.25, 0.3) is 5.69 Å². The average Bonchev–Trinajstić information content (AvgIpc) is 3.01. The lowest BCUT2D eigenvalue weighted by atomic mass is 10.1. The van der Waals surface area contributed by atoms with Crippen LogP contribution in [0.5, 0.6) is 0 Å². The Balaban J connectivity index is 1.98. The number of halogens is 1. The van der Waals surface area contributed by atoms with Gasteiger partial charge in [-0.2, -0.15) is 4.68 Å². The molecule has 0 saturated carbocycles. The molecule has 1 aliphatic heterocycles. The lowest BCUT2D eigenvalue weighted by molar-refractivity contribution is 0.0724. The first kappa shape index (κ1) is 13.2. The highest BCUT2D eigenvalue weighted by Crippen LogP contribution is 2.22. The van der Waals surface area contributed by atoms with E-state index in [1.54, 1.807) is 0 Å². The molecule has 0 radical (unpaired) electrons. The minimum Gasteiger partial charge on any atom is -0.339 e. The quantitative estimate of drug-likeness (QED) is 0.842. The summed E-state index contributed by atoms with van der Waals surface area (Å²) in [5, 5.41) is 11.1. The number of benzene rings is 1. The van der Waals surface area contributed by atoms with Gasteiger partial charge < -0.3 is 4.90 Å². The minimum absolute atomic E-state index is 0.0384. The lowest BCUT2D eigenvalue weighted by Crippen LogP contribution is -2.36. The first-order chi connectivity index (χ1) is 9.75. The number of aromatic nitrogens is 4. The highest BCUT2D eigenvalue weighted by molar-refractivity contribution is 9.10. The number of carbonyl (C=O) groups is 1. The van der Waals surface area contributed by atoms with Gasteiger partial charge in [0.05, 0.1) is 11.3 Å². The second-order valence-corrected chi connectivity index (χ2v) is 5.68. The number of carbonyl (C=O) groups excluding carboxylic acids is 1. The van der Waals surface area contributed by atoms with Gasteiger partial charge in [0.1, 0.15) is 6.33 Å². The van der Waals surface area contributed by atoms with Gasteiger partial charge in [0, 0.05) is 17.6 Å². The first-order valence-corrected chi connectivity index (χ1v) is 7.37. The third kappa shape index (κ3) is 2.58. The van der Waals surface area contributed by atoms with Crippen LogP contribution < -0.4 is 0 Å². The molecule has 1 fully saturated rings. The molecule has 1 aromatic carbocycles. The largest absolute Gasteiger partial charge is 0.339 e. The number of amides is 1. The summed E-state index contributed by atoms with van der Waals surface area (Å²) in [5.74, 6) is 0.0384. The van der Waals surface area contributed by atoms with Crippen molar-refractivity contribution in [2.24, 2.45) is 0 Å². The van der Waals surface area contributed by atoms with E-state index in [9.17, 15) is 4.79 Å². The number of nitrogens with zero attached hydrogens (tertiary/aromatic N) is 5. The maximum Gasteiger partial charge on any atom is 0.256 e. The summed E-state index contributed by atoms with van der Waals surface area (Å²) in [4.78, 5) is 14.6. The van der Waals surface area contributed by atoms with Gasteiger partial charge in [0.2, 0.25) is 0 Å². The van der Waals surface area contributed by atoms with Gasteiger partial charge in [-0.05, 0) is 47.9 Å². The molecule has 2 aromatic rings. The van der Waals surface area contributed by atoms with Crippen LogP contribution in [0.3, 0.4) is 0 Å². The van der Waals surface area contributed by atoms with E-state index >= 15 is 0 Å². The zero-order valence-corrected chi connectivity index (χ0v) is 12.5. The molecule has 0 unspecified atom stereocenters. The van der Waals surface area contributed by atoms with Crippen molar-refractivity contribution in [3.05, 3.63) is 34.6 Å². The zero-order valence-electron chi connectivity index (χ0n) is 10.9. The van der Waals surface area contributed by atoms with Gasteiger partial charge >= 0.3 is 0 Å². The molecule has 0 N–H and O–H groups in total. The molecule has 20 heavy (non-hydrogen) atoms. The Morgan fingerprint density at radius 3 is 2.70 bits per heavy atom. The van der Waals surface area contributed by atoms with Crippen molar-refractivity contribution in [2.75, 3.05) is 13.1 Å². The van der Waals surface area contributed by atoms with E-state index in [1.807, 2.05) is 23.1 Å². The predicted molar refractivity (Wildman–Crippen MR) is 76.6 cm³/mol. The number of hydrogen-bond donors (Lipinski definition) is 0. The fourth-order valence-corrected chi connectivity index (χ4v) is 2.78. The van der Waals surface area contributed by atoms with E-state index in [0.29, 0.717) is 11.3 Å². The number of piperidine rings is 1. The summed E-state index contributed by atoms with van der Waals surface area (Å²) in [6.07, 6.45) is 4.83. The number of rotatable bonds is 2. The zero-order chi connectivity index (χ0) is 13.9. The maximum absolute atomic E-state index is 12.7. The molecule has 3 rings (SSSR count). The second kappa shape index (κ2) is 5.70. The molecular weight excluding hydrogens is 322 g/mol. The maximum atomic E-state index is 12.7. The Bertz CT molecular complexity index is 607. The van der Waals surface area contributed by atoms with Crippen molar-refractivity contribution in [1.82, 2.24) is 25.1 Å². The van der Waals surface area contributed by atoms with Crippen molar-refractivity contribution in [2.45, 2.75) is 19.3 Å². The Kier molecular flexibility index (Phi) is 3.77. The second-order valence-electron chi connectivity index (χ2n) is 4.77. The summed E-state index contributed by atoms with van der Waals surface area (Å²) in [6.45, 7) is 1.64. The molecule has 1 aliphatic rings. The van der Waals surface area contributed by atoms with Crippen molar-refractivity contribution in [3.8, 4) is 5.69 Å². The lowest BCUT2D eigenvalue weighted by Gasteiger charge is -2.27. The van der Waals surface area contributed by atoms with Crippen molar-refractivity contribution < 1.29 is 4.79 Å². The summed E-state index contributed by atoms with van der Waals surface area (Å²) in [5.41, 5.74) is 1.32. The molecule has 0 bridgehead atoms. The normalized spacial score (nSPS) is 15.3. The van der Waals surface area contributed by atoms with E-state index in [0.717, 1.165) is 30.4 Å². The standard InChI is InChI=1S/C13H14BrN5O/c14-10-4-5-12(19-9-15-16-17-19)11(8-10)13(20)18-6-2-1-3-7-18/h4-5,8-9H,1-3,6-7H2. The van der Waals surface area contributed by atoms with Crippen LogP contribution >= 0.6 is 15.9 Å². The van der Waals surface area contributed by atoms with E-state index < -0.39 is 0 Å². The molecule has 1 aromatic heterocycles. The van der Waals surface area contributed by atoms with Crippen LogP contribution in [-0.4, -0.2) is 44.1 Å². The SMILES string of the molecule is O=C(c1cc(Br)ccc1-n1cnnn1)N1CCCCC1. The van der Waals surface area contributed by atoms with E-state index in [4.69, 9.17) is 0 Å². The smallest absolute Gasteiger partial charge is 0.256 e. The van der Waals surface area contributed by atoms with Gasteiger partial charge in [-0.25, -0.2) is 0 Å². The van der Waals surface area contributed by atoms with Crippen LogP contribution in [0.15, 0.2) is 29.0 Å². The van der Waals surface area contributed by atoms with Crippen molar-refractivity contribution in [1.29, 1.82) is 0 Å². The summed E-state index contributed by atoms with van der Waals surface area (Å²) in [6, 6.07) is 5.55.